The Balaban J connectivity index is 2.78. The predicted molar refractivity (Wildman–Crippen MR) is 64.9 cm³/mol. The highest BCUT2D eigenvalue weighted by Crippen LogP contribution is 2.16. The van der Waals surface area contributed by atoms with E-state index < -0.39 is 0 Å². The van der Waals surface area contributed by atoms with Gasteiger partial charge >= 0.3 is 0 Å². The summed E-state index contributed by atoms with van der Waals surface area (Å²) >= 11 is 0. The third kappa shape index (κ3) is 2.94. The summed E-state index contributed by atoms with van der Waals surface area (Å²) in [4.78, 5) is 6.33. The van der Waals surface area contributed by atoms with E-state index in [1.807, 2.05) is 37.9 Å². The molecule has 0 saturated heterocycles. The minimum Gasteiger partial charge on any atom is -0.356 e. The minimum absolute atomic E-state index is 0.00314. The normalized spacial score (nSPS) is 13.9. The summed E-state index contributed by atoms with van der Waals surface area (Å²) in [6.45, 7) is 3.93. The van der Waals surface area contributed by atoms with Crippen LogP contribution >= 0.6 is 0 Å². The van der Waals surface area contributed by atoms with Crippen molar-refractivity contribution in [2.45, 2.75) is 32.4 Å². The summed E-state index contributed by atoms with van der Waals surface area (Å²) < 4.78 is 0. The van der Waals surface area contributed by atoms with Crippen molar-refractivity contribution in [3.8, 4) is 6.07 Å². The Bertz CT molecular complexity index is 364. The quantitative estimate of drug-likeness (QED) is 0.837. The van der Waals surface area contributed by atoms with Crippen LogP contribution in [-0.4, -0.2) is 18.1 Å². The van der Waals surface area contributed by atoms with Crippen LogP contribution in [0.2, 0.25) is 0 Å². The molecule has 0 radical (unpaired) electrons. The van der Waals surface area contributed by atoms with E-state index in [1.165, 1.54) is 0 Å². The van der Waals surface area contributed by atoms with Gasteiger partial charge in [0.1, 0.15) is 5.82 Å². The van der Waals surface area contributed by atoms with E-state index in [-0.39, 0.29) is 12.1 Å². The molecule has 1 aromatic rings. The molecule has 1 heterocycles. The molecule has 4 heteroatoms. The zero-order valence-corrected chi connectivity index (χ0v) is 10.0. The summed E-state index contributed by atoms with van der Waals surface area (Å²) in [5, 5.41) is 8.64. The SMILES string of the molecule is CC(N)c1ccc(N(C)C(C)CC#N)nc1. The highest BCUT2D eigenvalue weighted by atomic mass is 15.2. The zero-order valence-electron chi connectivity index (χ0n) is 10.0. The van der Waals surface area contributed by atoms with Crippen LogP contribution < -0.4 is 10.6 Å². The van der Waals surface area contributed by atoms with Gasteiger partial charge in [-0.25, -0.2) is 4.98 Å². The molecule has 1 aromatic heterocycles. The minimum atomic E-state index is 0.00314. The molecule has 0 amide bonds. The van der Waals surface area contributed by atoms with Crippen LogP contribution in [0.4, 0.5) is 5.82 Å². The molecule has 86 valence electrons. The van der Waals surface area contributed by atoms with Gasteiger partial charge in [-0.2, -0.15) is 5.26 Å². The summed E-state index contributed by atoms with van der Waals surface area (Å²) in [5.74, 6) is 0.868. The van der Waals surface area contributed by atoms with Crippen LogP contribution in [0.15, 0.2) is 18.3 Å². The second-order valence-electron chi connectivity index (χ2n) is 4.06. The molecule has 0 aliphatic carbocycles. The van der Waals surface area contributed by atoms with Gasteiger partial charge in [0, 0.05) is 25.3 Å². The van der Waals surface area contributed by atoms with E-state index in [0.717, 1.165) is 11.4 Å². The van der Waals surface area contributed by atoms with Crippen molar-refractivity contribution in [3.05, 3.63) is 23.9 Å². The summed E-state index contributed by atoms with van der Waals surface area (Å²) in [5.41, 5.74) is 6.77. The van der Waals surface area contributed by atoms with Crippen molar-refractivity contribution in [1.82, 2.24) is 4.98 Å². The van der Waals surface area contributed by atoms with Crippen LogP contribution in [-0.2, 0) is 0 Å². The number of nitrogens with two attached hydrogens (primary N) is 1. The Hall–Kier alpha value is -1.60. The maximum atomic E-state index is 8.64. The highest BCUT2D eigenvalue weighted by molar-refractivity contribution is 5.40. The average molecular weight is 218 g/mol. The molecular weight excluding hydrogens is 200 g/mol. The smallest absolute Gasteiger partial charge is 0.128 e. The molecule has 2 unspecified atom stereocenters. The maximum Gasteiger partial charge on any atom is 0.128 e. The second kappa shape index (κ2) is 5.47. The van der Waals surface area contributed by atoms with E-state index in [4.69, 9.17) is 11.0 Å². The molecule has 2 atom stereocenters. The van der Waals surface area contributed by atoms with Gasteiger partial charge in [0.05, 0.1) is 12.5 Å². The van der Waals surface area contributed by atoms with Gasteiger partial charge in [-0.05, 0) is 25.5 Å². The number of hydrogen-bond donors (Lipinski definition) is 1. The molecule has 2 N–H and O–H groups in total. The van der Waals surface area contributed by atoms with Crippen LogP contribution in [0.1, 0.15) is 31.9 Å². The predicted octanol–water partition coefficient (Wildman–Crippen LogP) is 1.84. The van der Waals surface area contributed by atoms with Crippen molar-refractivity contribution < 1.29 is 0 Å². The van der Waals surface area contributed by atoms with E-state index in [0.29, 0.717) is 6.42 Å². The van der Waals surface area contributed by atoms with Crippen molar-refractivity contribution in [2.75, 3.05) is 11.9 Å². The van der Waals surface area contributed by atoms with E-state index in [2.05, 4.69) is 11.1 Å². The Morgan fingerprint density at radius 3 is 2.62 bits per heavy atom. The first-order valence-corrected chi connectivity index (χ1v) is 5.37. The molecule has 16 heavy (non-hydrogen) atoms. The number of aromatic nitrogens is 1. The molecule has 4 nitrogen and oxygen atoms in total. The van der Waals surface area contributed by atoms with Gasteiger partial charge in [0.15, 0.2) is 0 Å². The topological polar surface area (TPSA) is 65.9 Å². The Kier molecular flexibility index (Phi) is 4.27. The summed E-state index contributed by atoms with van der Waals surface area (Å²) in [6, 6.07) is 6.24. The molecular formula is C12H18N4. The summed E-state index contributed by atoms with van der Waals surface area (Å²) in [6.07, 6.45) is 2.28. The van der Waals surface area contributed by atoms with Gasteiger partial charge in [-0.1, -0.05) is 6.07 Å². The number of nitriles is 1. The summed E-state index contributed by atoms with van der Waals surface area (Å²) in [7, 11) is 1.94. The third-order valence-electron chi connectivity index (χ3n) is 2.71. The standard InChI is InChI=1S/C12H18N4/c1-9(6-7-13)16(3)12-5-4-11(8-15-12)10(2)14/h4-5,8-10H,6,14H2,1-3H3. The van der Waals surface area contributed by atoms with Crippen molar-refractivity contribution in [2.24, 2.45) is 5.73 Å². The molecule has 1 rings (SSSR count). The lowest BCUT2D eigenvalue weighted by molar-refractivity contribution is 0.692. The number of nitrogens with zero attached hydrogens (tertiary/aromatic N) is 3. The number of hydrogen-bond acceptors (Lipinski definition) is 4. The lowest BCUT2D eigenvalue weighted by atomic mass is 10.1. The molecule has 0 aromatic carbocycles. The Morgan fingerprint density at radius 1 is 1.50 bits per heavy atom. The van der Waals surface area contributed by atoms with Crippen LogP contribution in [0.3, 0.4) is 0 Å². The van der Waals surface area contributed by atoms with Gasteiger partial charge in [0.25, 0.3) is 0 Å². The third-order valence-corrected chi connectivity index (χ3v) is 2.71. The molecule has 0 aliphatic rings. The lowest BCUT2D eigenvalue weighted by Gasteiger charge is -2.24. The Labute approximate surface area is 96.7 Å². The first-order valence-electron chi connectivity index (χ1n) is 5.37. The first-order chi connectivity index (χ1) is 7.56. The fourth-order valence-corrected chi connectivity index (χ4v) is 1.37. The van der Waals surface area contributed by atoms with Gasteiger partial charge in [0.2, 0.25) is 0 Å². The fourth-order valence-electron chi connectivity index (χ4n) is 1.37. The molecule has 0 fully saturated rings. The van der Waals surface area contributed by atoms with Crippen molar-refractivity contribution >= 4 is 5.82 Å². The highest BCUT2D eigenvalue weighted by Gasteiger charge is 2.10. The van der Waals surface area contributed by atoms with Crippen LogP contribution in [0.25, 0.3) is 0 Å². The van der Waals surface area contributed by atoms with Crippen molar-refractivity contribution in [3.63, 3.8) is 0 Å². The Morgan fingerprint density at radius 2 is 2.19 bits per heavy atom. The van der Waals surface area contributed by atoms with E-state index >= 15 is 0 Å². The van der Waals surface area contributed by atoms with Gasteiger partial charge in [-0.15, -0.1) is 0 Å². The van der Waals surface area contributed by atoms with Gasteiger partial charge < -0.3 is 10.6 Å². The first kappa shape index (κ1) is 12.5. The number of rotatable bonds is 4. The fraction of sp³-hybridized carbons (Fsp3) is 0.500. The van der Waals surface area contributed by atoms with Crippen molar-refractivity contribution in [1.29, 1.82) is 5.26 Å². The number of anilines is 1. The number of pyridine rings is 1. The molecule has 0 saturated carbocycles. The largest absolute Gasteiger partial charge is 0.356 e. The zero-order chi connectivity index (χ0) is 12.1. The molecule has 0 spiro atoms. The van der Waals surface area contributed by atoms with Crippen LogP contribution in [0, 0.1) is 11.3 Å². The molecule has 0 aliphatic heterocycles. The lowest BCUT2D eigenvalue weighted by Crippen LogP contribution is -2.29. The van der Waals surface area contributed by atoms with Crippen LogP contribution in [0.5, 0.6) is 0 Å². The average Bonchev–Trinajstić information content (AvgIpc) is 2.28. The monoisotopic (exact) mass is 218 g/mol. The van der Waals surface area contributed by atoms with Gasteiger partial charge in [-0.3, -0.25) is 0 Å². The second-order valence-corrected chi connectivity index (χ2v) is 4.06. The van der Waals surface area contributed by atoms with E-state index in [1.54, 1.807) is 6.20 Å². The van der Waals surface area contributed by atoms with E-state index in [9.17, 15) is 0 Å². The molecule has 0 bridgehead atoms. The maximum absolute atomic E-state index is 8.64.